The van der Waals surface area contributed by atoms with E-state index in [0.29, 0.717) is 11.2 Å². The Labute approximate surface area is 117 Å². The standard InChI is InChI=1S/C10H13N5O6/c11-8-5-9(13-2-12-8)15(3-14-5)10-7(17)6(16)4(20-10)1-19-21-18/h2-4,6-7,10,16-18H,1H2,(H2,11,12,13)/t4-,6-,7-,10-/m1/s1. The van der Waals surface area contributed by atoms with Crippen molar-refractivity contribution in [3.63, 3.8) is 0 Å². The number of anilines is 1. The van der Waals surface area contributed by atoms with Crippen LogP contribution in [0.5, 0.6) is 0 Å². The van der Waals surface area contributed by atoms with E-state index < -0.39 is 24.5 Å². The summed E-state index contributed by atoms with van der Waals surface area (Å²) in [6.07, 6.45) is -1.68. The van der Waals surface area contributed by atoms with Crippen molar-refractivity contribution in [2.45, 2.75) is 24.5 Å². The predicted molar refractivity (Wildman–Crippen MR) is 65.3 cm³/mol. The summed E-state index contributed by atoms with van der Waals surface area (Å²) in [6.45, 7) is -0.269. The second-order valence-corrected chi connectivity index (χ2v) is 4.49. The number of aliphatic hydroxyl groups is 2. The maximum Gasteiger partial charge on any atom is 0.167 e. The highest BCUT2D eigenvalue weighted by atomic mass is 17.5. The SMILES string of the molecule is Nc1ncnc2c1ncn2[C@@H]1O[C@H](COOO)[C@@H](O)[C@H]1O. The Hall–Kier alpha value is -1.89. The largest absolute Gasteiger partial charge is 0.387 e. The zero-order valence-electron chi connectivity index (χ0n) is 10.6. The van der Waals surface area contributed by atoms with E-state index in [2.05, 4.69) is 24.9 Å². The van der Waals surface area contributed by atoms with Crippen molar-refractivity contribution in [2.24, 2.45) is 0 Å². The molecule has 21 heavy (non-hydrogen) atoms. The summed E-state index contributed by atoms with van der Waals surface area (Å²) in [6, 6.07) is 0. The topological polar surface area (TPSA) is 158 Å². The van der Waals surface area contributed by atoms with Gasteiger partial charge < -0.3 is 20.7 Å². The fraction of sp³-hybridized carbons (Fsp3) is 0.500. The lowest BCUT2D eigenvalue weighted by atomic mass is 10.1. The monoisotopic (exact) mass is 299 g/mol. The minimum atomic E-state index is -1.24. The molecule has 2 aromatic heterocycles. The summed E-state index contributed by atoms with van der Waals surface area (Å²) in [4.78, 5) is 16.2. The molecule has 1 aliphatic rings. The number of ether oxygens (including phenoxy) is 1. The van der Waals surface area contributed by atoms with Gasteiger partial charge in [0.2, 0.25) is 0 Å². The van der Waals surface area contributed by atoms with Crippen LogP contribution in [-0.4, -0.2) is 59.9 Å². The van der Waals surface area contributed by atoms with Gasteiger partial charge in [-0.15, -0.1) is 0 Å². The molecule has 0 unspecified atom stereocenters. The minimum Gasteiger partial charge on any atom is -0.387 e. The molecule has 0 spiro atoms. The van der Waals surface area contributed by atoms with Gasteiger partial charge in [-0.3, -0.25) is 4.57 Å². The first-order chi connectivity index (χ1) is 10.1. The lowest BCUT2D eigenvalue weighted by Crippen LogP contribution is -2.33. The molecular formula is C10H13N5O6. The molecule has 11 nitrogen and oxygen atoms in total. The molecule has 0 saturated carbocycles. The molecule has 3 rings (SSSR count). The highest BCUT2D eigenvalue weighted by Gasteiger charge is 2.44. The highest BCUT2D eigenvalue weighted by molar-refractivity contribution is 5.81. The molecule has 0 aliphatic carbocycles. The van der Waals surface area contributed by atoms with Crippen molar-refractivity contribution >= 4 is 17.0 Å². The van der Waals surface area contributed by atoms with Gasteiger partial charge in [-0.1, -0.05) is 5.04 Å². The Balaban J connectivity index is 1.90. The molecule has 114 valence electrons. The van der Waals surface area contributed by atoms with Crippen molar-refractivity contribution in [2.75, 3.05) is 12.3 Å². The smallest absolute Gasteiger partial charge is 0.167 e. The Kier molecular flexibility index (Phi) is 3.67. The Morgan fingerprint density at radius 3 is 2.86 bits per heavy atom. The number of nitrogen functional groups attached to an aromatic ring is 1. The molecule has 4 atom stereocenters. The van der Waals surface area contributed by atoms with E-state index >= 15 is 0 Å². The van der Waals surface area contributed by atoms with Gasteiger partial charge in [-0.05, 0) is 0 Å². The third-order valence-electron chi connectivity index (χ3n) is 3.28. The average molecular weight is 299 g/mol. The zero-order chi connectivity index (χ0) is 15.0. The molecule has 0 amide bonds. The number of imidazole rings is 1. The molecule has 5 N–H and O–H groups in total. The van der Waals surface area contributed by atoms with Crippen LogP contribution >= 0.6 is 0 Å². The van der Waals surface area contributed by atoms with Crippen LogP contribution in [0.1, 0.15) is 6.23 Å². The van der Waals surface area contributed by atoms with Gasteiger partial charge in [-0.25, -0.2) is 25.1 Å². The van der Waals surface area contributed by atoms with Gasteiger partial charge in [0.25, 0.3) is 0 Å². The fourth-order valence-corrected chi connectivity index (χ4v) is 2.25. The van der Waals surface area contributed by atoms with Gasteiger partial charge in [0.1, 0.15) is 36.8 Å². The van der Waals surface area contributed by atoms with E-state index in [1.54, 1.807) is 0 Å². The van der Waals surface area contributed by atoms with Gasteiger partial charge in [0.05, 0.1) is 6.33 Å². The summed E-state index contributed by atoms with van der Waals surface area (Å²) < 4.78 is 6.92. The second-order valence-electron chi connectivity index (χ2n) is 4.49. The van der Waals surface area contributed by atoms with Crippen LogP contribution in [-0.2, 0) is 14.7 Å². The number of fused-ring (bicyclic) bond motifs is 1. The summed E-state index contributed by atoms with van der Waals surface area (Å²) >= 11 is 0. The van der Waals surface area contributed by atoms with E-state index in [0.717, 1.165) is 0 Å². The molecule has 2 aromatic rings. The Morgan fingerprint density at radius 2 is 2.10 bits per heavy atom. The van der Waals surface area contributed by atoms with Crippen LogP contribution in [0.2, 0.25) is 0 Å². The number of hydrogen-bond donors (Lipinski definition) is 4. The molecule has 11 heteroatoms. The molecule has 0 aromatic carbocycles. The highest BCUT2D eigenvalue weighted by Crippen LogP contribution is 2.31. The second kappa shape index (κ2) is 5.48. The molecule has 1 aliphatic heterocycles. The van der Waals surface area contributed by atoms with Crippen LogP contribution < -0.4 is 5.73 Å². The van der Waals surface area contributed by atoms with Crippen LogP contribution in [0.25, 0.3) is 11.2 Å². The maximum absolute atomic E-state index is 10.1. The molecule has 1 fully saturated rings. The lowest BCUT2D eigenvalue weighted by Gasteiger charge is -2.16. The van der Waals surface area contributed by atoms with Gasteiger partial charge in [0.15, 0.2) is 17.7 Å². The fourth-order valence-electron chi connectivity index (χ4n) is 2.25. The average Bonchev–Trinajstić information content (AvgIpc) is 3.02. The first kappa shape index (κ1) is 14.1. The Morgan fingerprint density at radius 1 is 1.29 bits per heavy atom. The molecule has 0 radical (unpaired) electrons. The number of nitrogens with zero attached hydrogens (tertiary/aromatic N) is 4. The van der Waals surface area contributed by atoms with Crippen molar-refractivity contribution in [3.8, 4) is 0 Å². The Bertz CT molecular complexity index is 635. The number of aromatic nitrogens is 4. The summed E-state index contributed by atoms with van der Waals surface area (Å²) in [5.74, 6) is 0.195. The van der Waals surface area contributed by atoms with Crippen LogP contribution in [0, 0.1) is 0 Å². The summed E-state index contributed by atoms with van der Waals surface area (Å²) in [5.41, 5.74) is 6.40. The van der Waals surface area contributed by atoms with E-state index in [1.807, 2.05) is 0 Å². The van der Waals surface area contributed by atoms with Crippen LogP contribution in [0.3, 0.4) is 0 Å². The van der Waals surface area contributed by atoms with Gasteiger partial charge >= 0.3 is 0 Å². The molecule has 1 saturated heterocycles. The van der Waals surface area contributed by atoms with Crippen molar-refractivity contribution in [1.82, 2.24) is 19.5 Å². The molecule has 0 bridgehead atoms. The first-order valence-corrected chi connectivity index (χ1v) is 6.01. The van der Waals surface area contributed by atoms with Gasteiger partial charge in [-0.2, -0.15) is 0 Å². The quantitative estimate of drug-likeness (QED) is 0.384. The maximum atomic E-state index is 10.1. The van der Waals surface area contributed by atoms with E-state index in [4.69, 9.17) is 15.7 Å². The van der Waals surface area contributed by atoms with Crippen molar-refractivity contribution in [1.29, 1.82) is 0 Å². The summed E-state index contributed by atoms with van der Waals surface area (Å²) in [7, 11) is 0. The van der Waals surface area contributed by atoms with Crippen LogP contribution in [0.4, 0.5) is 5.82 Å². The van der Waals surface area contributed by atoms with Crippen LogP contribution in [0.15, 0.2) is 12.7 Å². The van der Waals surface area contributed by atoms with E-state index in [1.165, 1.54) is 17.2 Å². The molecular weight excluding hydrogens is 286 g/mol. The number of nitrogens with two attached hydrogens (primary N) is 1. The van der Waals surface area contributed by atoms with E-state index in [-0.39, 0.29) is 12.4 Å². The zero-order valence-corrected chi connectivity index (χ0v) is 10.6. The lowest BCUT2D eigenvalue weighted by molar-refractivity contribution is -0.495. The summed E-state index contributed by atoms with van der Waals surface area (Å²) in [5, 5.41) is 31.6. The molecule has 3 heterocycles. The first-order valence-electron chi connectivity index (χ1n) is 6.01. The van der Waals surface area contributed by atoms with E-state index in [9.17, 15) is 10.2 Å². The third-order valence-corrected chi connectivity index (χ3v) is 3.28. The predicted octanol–water partition coefficient (Wildman–Crippen LogP) is -1.55. The number of rotatable bonds is 4. The van der Waals surface area contributed by atoms with Gasteiger partial charge in [0, 0.05) is 0 Å². The number of aliphatic hydroxyl groups excluding tert-OH is 2. The third kappa shape index (κ3) is 2.31. The van der Waals surface area contributed by atoms with Crippen molar-refractivity contribution in [3.05, 3.63) is 12.7 Å². The normalized spacial score (nSPS) is 29.3. The number of hydrogen-bond acceptors (Lipinski definition) is 10. The minimum absolute atomic E-state index is 0.195. The van der Waals surface area contributed by atoms with Crippen molar-refractivity contribution < 1.29 is 30.1 Å².